The van der Waals surface area contributed by atoms with Crippen LogP contribution in [0, 0.1) is 5.41 Å². The molecule has 0 aliphatic carbocycles. The number of aliphatic carboxylic acids is 1. The molecular weight excluding hydrogens is 416 g/mol. The first-order chi connectivity index (χ1) is 13.8. The first-order valence-corrected chi connectivity index (χ1v) is 10.6. The van der Waals surface area contributed by atoms with E-state index < -0.39 is 28.9 Å². The average molecular weight is 437 g/mol. The second kappa shape index (κ2) is 8.47. The number of rotatable bonds is 7. The summed E-state index contributed by atoms with van der Waals surface area (Å²) in [5.74, 6) is -1.77. The molecule has 1 aromatic carbocycles. The topological polar surface area (TPSA) is 146 Å². The Morgan fingerprint density at radius 3 is 2.72 bits per heavy atom. The fourth-order valence-corrected chi connectivity index (χ4v) is 5.39. The molecule has 154 valence electrons. The van der Waals surface area contributed by atoms with Crippen LogP contribution in [0.1, 0.15) is 5.56 Å². The molecule has 11 heteroatoms. The molecule has 1 aromatic rings. The van der Waals surface area contributed by atoms with E-state index in [-0.39, 0.29) is 23.0 Å². The molecule has 0 saturated carbocycles. The van der Waals surface area contributed by atoms with Gasteiger partial charge in [-0.2, -0.15) is 0 Å². The maximum atomic E-state index is 12.9. The number of thioether (sulfide) groups is 2. The van der Waals surface area contributed by atoms with E-state index in [4.69, 9.17) is 15.9 Å². The first kappa shape index (κ1) is 21.2. The molecule has 0 aromatic heterocycles. The fraction of sp³-hybridized carbons (Fsp3) is 0.333. The maximum Gasteiger partial charge on any atom is 0.352 e. The minimum atomic E-state index is -1.61. The number of ether oxygens (including phenoxy) is 1. The van der Waals surface area contributed by atoms with Gasteiger partial charge in [-0.15, -0.1) is 11.8 Å². The molecule has 3 rings (SSSR count). The molecule has 2 atom stereocenters. The lowest BCUT2D eigenvalue weighted by atomic mass is 9.98. The average Bonchev–Trinajstić information content (AvgIpc) is 2.69. The van der Waals surface area contributed by atoms with Gasteiger partial charge in [0.15, 0.2) is 5.17 Å². The molecular formula is C18H20N4O5S2. The number of amidine groups is 1. The molecule has 29 heavy (non-hydrogen) atoms. The molecule has 1 saturated heterocycles. The molecule has 2 heterocycles. The van der Waals surface area contributed by atoms with Gasteiger partial charge in [-0.25, -0.2) is 4.79 Å². The van der Waals surface area contributed by atoms with Gasteiger partial charge in [-0.05, 0) is 11.1 Å². The molecule has 1 fully saturated rings. The number of nitrogens with two attached hydrogens (primary N) is 1. The van der Waals surface area contributed by atoms with Gasteiger partial charge in [0.05, 0.1) is 6.42 Å². The summed E-state index contributed by atoms with van der Waals surface area (Å²) in [6.07, 6.45) is 0.0682. The Morgan fingerprint density at radius 1 is 1.45 bits per heavy atom. The number of carbonyl (C=O) groups is 3. The minimum absolute atomic E-state index is 0.0682. The number of benzene rings is 1. The Labute approximate surface area is 175 Å². The molecule has 0 radical (unpaired) electrons. The third kappa shape index (κ3) is 3.98. The Hall–Kier alpha value is -2.50. The van der Waals surface area contributed by atoms with Crippen LogP contribution in [0.25, 0.3) is 0 Å². The van der Waals surface area contributed by atoms with Crippen LogP contribution in [-0.2, 0) is 25.5 Å². The zero-order chi connectivity index (χ0) is 21.2. The number of hydrogen-bond donors (Lipinski definition) is 4. The minimum Gasteiger partial charge on any atom is -0.477 e. The molecule has 2 aliphatic rings. The quantitative estimate of drug-likeness (QED) is 0.210. The molecule has 2 amide bonds. The number of methoxy groups -OCH3 is 1. The Kier molecular flexibility index (Phi) is 6.20. The summed E-state index contributed by atoms with van der Waals surface area (Å²) in [4.78, 5) is 38.4. The van der Waals surface area contributed by atoms with E-state index in [1.807, 2.05) is 18.2 Å². The van der Waals surface area contributed by atoms with Crippen LogP contribution >= 0.6 is 23.5 Å². The standard InChI is InChI=1S/C18H20N4O5S2/c1-27-18(21-12(23)7-10-5-3-2-4-6-10)15(26)22-13(14(24)25)11(8-28-16(18)22)9-29-17(19)20/h2-6,16H,7-9H2,1H3,(H3,19,20)(H,21,23)(H,24,25)/t16-,18?/m0/s1. The summed E-state index contributed by atoms with van der Waals surface area (Å²) >= 11 is 2.29. The van der Waals surface area contributed by atoms with Crippen molar-refractivity contribution in [3.05, 3.63) is 47.2 Å². The van der Waals surface area contributed by atoms with E-state index in [9.17, 15) is 19.5 Å². The number of fused-ring (bicyclic) bond motifs is 1. The van der Waals surface area contributed by atoms with Gasteiger partial charge in [-0.3, -0.25) is 19.9 Å². The van der Waals surface area contributed by atoms with Crippen molar-refractivity contribution in [2.75, 3.05) is 18.6 Å². The van der Waals surface area contributed by atoms with E-state index in [2.05, 4.69) is 5.32 Å². The predicted molar refractivity (Wildman–Crippen MR) is 110 cm³/mol. The van der Waals surface area contributed by atoms with E-state index in [1.165, 1.54) is 18.9 Å². The highest BCUT2D eigenvalue weighted by molar-refractivity contribution is 8.13. The summed E-state index contributed by atoms with van der Waals surface area (Å²) < 4.78 is 5.41. The van der Waals surface area contributed by atoms with Crippen LogP contribution in [0.3, 0.4) is 0 Å². The van der Waals surface area contributed by atoms with Gasteiger partial charge in [0.1, 0.15) is 11.1 Å². The smallest absolute Gasteiger partial charge is 0.352 e. The van der Waals surface area contributed by atoms with E-state index >= 15 is 0 Å². The number of carboxylic acid groups (broad SMARTS) is 1. The van der Waals surface area contributed by atoms with Gasteiger partial charge in [0, 0.05) is 18.6 Å². The third-order valence-electron chi connectivity index (χ3n) is 4.57. The lowest BCUT2D eigenvalue weighted by Gasteiger charge is -2.55. The SMILES string of the molecule is COC1(NC(=O)Cc2ccccc2)C(=O)N2C(C(=O)O)=C(CSC(=N)N)CS[C@H]21. The number of nitrogens with one attached hydrogen (secondary N) is 2. The second-order valence-electron chi connectivity index (χ2n) is 6.40. The van der Waals surface area contributed by atoms with Crippen LogP contribution in [0.4, 0.5) is 0 Å². The molecule has 5 N–H and O–H groups in total. The summed E-state index contributed by atoms with van der Waals surface area (Å²) in [5.41, 5.74) is 4.86. The van der Waals surface area contributed by atoms with Crippen molar-refractivity contribution in [2.45, 2.75) is 17.5 Å². The Morgan fingerprint density at radius 2 is 2.14 bits per heavy atom. The molecule has 0 bridgehead atoms. The maximum absolute atomic E-state index is 12.9. The van der Waals surface area contributed by atoms with Crippen LogP contribution in [0.5, 0.6) is 0 Å². The zero-order valence-electron chi connectivity index (χ0n) is 15.5. The Balaban J connectivity index is 1.80. The van der Waals surface area contributed by atoms with Gasteiger partial charge >= 0.3 is 5.97 Å². The van der Waals surface area contributed by atoms with E-state index in [0.717, 1.165) is 22.2 Å². The zero-order valence-corrected chi connectivity index (χ0v) is 17.1. The lowest BCUT2D eigenvalue weighted by molar-refractivity contribution is -0.192. The highest BCUT2D eigenvalue weighted by atomic mass is 32.2. The number of nitrogens with zero attached hydrogens (tertiary/aromatic N) is 1. The van der Waals surface area contributed by atoms with Crippen LogP contribution in [-0.4, -0.2) is 62.7 Å². The van der Waals surface area contributed by atoms with Crippen molar-refractivity contribution < 1.29 is 24.2 Å². The molecule has 1 unspecified atom stereocenters. The molecule has 2 aliphatic heterocycles. The van der Waals surface area contributed by atoms with Crippen LogP contribution in [0.2, 0.25) is 0 Å². The van der Waals surface area contributed by atoms with E-state index in [1.54, 1.807) is 12.1 Å². The summed E-state index contributed by atoms with van der Waals surface area (Å²) in [6.45, 7) is 0. The molecule has 9 nitrogen and oxygen atoms in total. The number of amides is 2. The number of β-lactam (4-membered cyclic amide) rings is 1. The fourth-order valence-electron chi connectivity index (χ4n) is 3.25. The van der Waals surface area contributed by atoms with Gasteiger partial charge < -0.3 is 20.9 Å². The number of carboxylic acids is 1. The third-order valence-corrected chi connectivity index (χ3v) is 6.75. The van der Waals surface area contributed by atoms with Crippen LogP contribution in [0.15, 0.2) is 41.6 Å². The highest BCUT2D eigenvalue weighted by Gasteiger charge is 2.66. The predicted octanol–water partition coefficient (Wildman–Crippen LogP) is 0.568. The van der Waals surface area contributed by atoms with Gasteiger partial charge in [0.25, 0.3) is 11.6 Å². The normalized spacial score (nSPS) is 23.3. The van der Waals surface area contributed by atoms with Crippen molar-refractivity contribution in [3.8, 4) is 0 Å². The largest absolute Gasteiger partial charge is 0.477 e. The van der Waals surface area contributed by atoms with Crippen molar-refractivity contribution in [1.82, 2.24) is 10.2 Å². The van der Waals surface area contributed by atoms with Crippen LogP contribution < -0.4 is 11.1 Å². The summed E-state index contributed by atoms with van der Waals surface area (Å²) in [6, 6.07) is 9.06. The van der Waals surface area contributed by atoms with E-state index in [0.29, 0.717) is 11.3 Å². The lowest BCUT2D eigenvalue weighted by Crippen LogP contribution is -2.80. The Bertz CT molecular complexity index is 891. The second-order valence-corrected chi connectivity index (χ2v) is 8.48. The number of hydrogen-bond acceptors (Lipinski definition) is 7. The highest BCUT2D eigenvalue weighted by Crippen LogP contribution is 2.47. The van der Waals surface area contributed by atoms with Crippen molar-refractivity contribution in [2.24, 2.45) is 5.73 Å². The first-order valence-electron chi connectivity index (χ1n) is 8.57. The van der Waals surface area contributed by atoms with Gasteiger partial charge in [-0.1, -0.05) is 42.1 Å². The van der Waals surface area contributed by atoms with Crippen molar-refractivity contribution in [1.29, 1.82) is 5.41 Å². The molecule has 0 spiro atoms. The van der Waals surface area contributed by atoms with Gasteiger partial charge in [0.2, 0.25) is 5.91 Å². The van der Waals surface area contributed by atoms with Crippen molar-refractivity contribution >= 4 is 46.5 Å². The summed E-state index contributed by atoms with van der Waals surface area (Å²) in [7, 11) is 1.31. The van der Waals surface area contributed by atoms with Crippen molar-refractivity contribution in [3.63, 3.8) is 0 Å². The number of carbonyl (C=O) groups excluding carboxylic acids is 2. The monoisotopic (exact) mass is 436 g/mol. The summed E-state index contributed by atoms with van der Waals surface area (Å²) in [5, 5.41) is 18.8.